The molecule has 0 bridgehead atoms. The van der Waals surface area contributed by atoms with Crippen molar-refractivity contribution >= 4 is 36.7 Å². The number of rotatable bonds is 4. The molecule has 0 radical (unpaired) electrons. The first kappa shape index (κ1) is 20.3. The monoisotopic (exact) mass is 484 g/mol. The van der Waals surface area contributed by atoms with E-state index in [4.69, 9.17) is 10.5 Å². The number of nitrogens with zero attached hydrogens (tertiary/aromatic N) is 4. The second-order valence-corrected chi connectivity index (χ2v) is 8.61. The quantitative estimate of drug-likeness (QED) is 0.412. The number of anilines is 1. The SMILES string of the molecule is Nc1cccc2c([Se]C(F)(F)F)c(C#CCNC(=O)c3cnn(C4COC4)c3)nn12. The first-order valence-corrected chi connectivity index (χ1v) is 10.4. The molecular formula is C18H15F3N6O2Se. The summed E-state index contributed by atoms with van der Waals surface area (Å²) >= 11 is -1.84. The molecule has 3 aromatic heterocycles. The van der Waals surface area contributed by atoms with Gasteiger partial charge in [0, 0.05) is 0 Å². The van der Waals surface area contributed by atoms with Crippen molar-refractivity contribution in [3.63, 3.8) is 0 Å². The molecule has 0 unspecified atom stereocenters. The molecule has 0 aromatic carbocycles. The van der Waals surface area contributed by atoms with E-state index in [-0.39, 0.29) is 40.0 Å². The van der Waals surface area contributed by atoms with Crippen LogP contribution in [-0.4, -0.2) is 65.1 Å². The Morgan fingerprint density at radius 2 is 2.20 bits per heavy atom. The summed E-state index contributed by atoms with van der Waals surface area (Å²) in [4.78, 5) is 12.2. The minimum atomic E-state index is -4.36. The van der Waals surface area contributed by atoms with E-state index in [0.29, 0.717) is 18.8 Å². The molecule has 1 aliphatic rings. The number of ether oxygens (including phenoxy) is 1. The number of nitrogen functional groups attached to an aromatic ring is 1. The zero-order chi connectivity index (χ0) is 21.3. The Kier molecular flexibility index (Phi) is 5.42. The van der Waals surface area contributed by atoms with Crippen LogP contribution in [0.15, 0.2) is 30.6 Å². The molecule has 12 heteroatoms. The third-order valence-electron chi connectivity index (χ3n) is 4.26. The molecule has 0 atom stereocenters. The molecule has 4 heterocycles. The van der Waals surface area contributed by atoms with Gasteiger partial charge in [0.25, 0.3) is 0 Å². The van der Waals surface area contributed by atoms with Crippen molar-refractivity contribution in [3.8, 4) is 11.8 Å². The summed E-state index contributed by atoms with van der Waals surface area (Å²) in [5, 5.41) is 6.46. The molecule has 4 rings (SSSR count). The normalized spacial score (nSPS) is 14.2. The van der Waals surface area contributed by atoms with Gasteiger partial charge in [-0.05, 0) is 0 Å². The van der Waals surface area contributed by atoms with E-state index in [1.165, 1.54) is 22.8 Å². The van der Waals surface area contributed by atoms with E-state index in [1.807, 2.05) is 0 Å². The summed E-state index contributed by atoms with van der Waals surface area (Å²) in [7, 11) is 0. The summed E-state index contributed by atoms with van der Waals surface area (Å²) < 4.78 is 47.1. The summed E-state index contributed by atoms with van der Waals surface area (Å²) in [5.41, 5.74) is 6.44. The van der Waals surface area contributed by atoms with Gasteiger partial charge < -0.3 is 4.74 Å². The van der Waals surface area contributed by atoms with E-state index in [1.54, 1.807) is 16.9 Å². The number of hydrogen-bond acceptors (Lipinski definition) is 5. The van der Waals surface area contributed by atoms with Crippen molar-refractivity contribution in [3.05, 3.63) is 41.9 Å². The number of aromatic nitrogens is 4. The van der Waals surface area contributed by atoms with Gasteiger partial charge in [0.05, 0.1) is 0 Å². The number of nitrogens with one attached hydrogen (secondary N) is 1. The Morgan fingerprint density at radius 3 is 2.90 bits per heavy atom. The van der Waals surface area contributed by atoms with Crippen LogP contribution >= 0.6 is 0 Å². The van der Waals surface area contributed by atoms with Gasteiger partial charge in [-0.15, -0.1) is 0 Å². The molecule has 30 heavy (non-hydrogen) atoms. The molecule has 1 saturated heterocycles. The number of hydrogen-bond donors (Lipinski definition) is 2. The number of amides is 1. The molecule has 3 N–H and O–H groups in total. The molecule has 3 aromatic rings. The van der Waals surface area contributed by atoms with Crippen molar-refractivity contribution in [1.82, 2.24) is 24.7 Å². The molecule has 8 nitrogen and oxygen atoms in total. The topological polar surface area (TPSA) is 99.5 Å². The van der Waals surface area contributed by atoms with Crippen LogP contribution in [0.2, 0.25) is 0 Å². The van der Waals surface area contributed by atoms with Crippen LogP contribution in [-0.2, 0) is 4.74 Å². The fourth-order valence-electron chi connectivity index (χ4n) is 2.75. The molecule has 1 amide bonds. The molecule has 0 saturated carbocycles. The number of carbonyl (C=O) groups excluding carboxylic acids is 1. The first-order valence-electron chi connectivity index (χ1n) is 8.74. The Bertz CT molecular complexity index is 1160. The minimum absolute atomic E-state index is 0.00252. The molecule has 0 spiro atoms. The average Bonchev–Trinajstić information content (AvgIpc) is 3.23. The number of carbonyl (C=O) groups is 1. The number of alkyl halides is 3. The van der Waals surface area contributed by atoms with Gasteiger partial charge in [-0.25, -0.2) is 0 Å². The van der Waals surface area contributed by atoms with Gasteiger partial charge in [0.1, 0.15) is 0 Å². The number of pyridine rings is 1. The molecular weight excluding hydrogens is 468 g/mol. The maximum atomic E-state index is 13.0. The van der Waals surface area contributed by atoms with E-state index in [2.05, 4.69) is 27.4 Å². The Hall–Kier alpha value is -3.00. The van der Waals surface area contributed by atoms with E-state index in [0.717, 1.165) is 0 Å². The van der Waals surface area contributed by atoms with Crippen LogP contribution in [0.25, 0.3) is 5.52 Å². The second-order valence-electron chi connectivity index (χ2n) is 6.36. The Balaban J connectivity index is 1.48. The molecule has 156 valence electrons. The van der Waals surface area contributed by atoms with Gasteiger partial charge in [-0.1, -0.05) is 0 Å². The van der Waals surface area contributed by atoms with Crippen LogP contribution in [0.5, 0.6) is 0 Å². The average molecular weight is 483 g/mol. The standard InChI is InChI=1S/C18H15F3N6O2Se/c19-18(20,21)30-16-13(25-27-14(16)4-1-5-15(27)22)3-2-6-23-17(28)11-7-24-26(8-11)12-9-29-10-12/h1,4-5,7-8,12H,6,9-10,22H2,(H,23,28). The zero-order valence-corrected chi connectivity index (χ0v) is 17.0. The number of halogens is 3. The van der Waals surface area contributed by atoms with Crippen molar-refractivity contribution in [2.45, 2.75) is 11.1 Å². The number of fused-ring (bicyclic) bond motifs is 1. The summed E-state index contributed by atoms with van der Waals surface area (Å²) in [6.07, 6.45) is 3.06. The van der Waals surface area contributed by atoms with Crippen LogP contribution in [0.1, 0.15) is 22.1 Å². The fourth-order valence-corrected chi connectivity index (χ4v) is 4.18. The van der Waals surface area contributed by atoms with Crippen molar-refractivity contribution in [2.75, 3.05) is 25.5 Å². The van der Waals surface area contributed by atoms with Gasteiger partial charge in [-0.2, -0.15) is 0 Å². The third kappa shape index (κ3) is 4.28. The Labute approximate surface area is 174 Å². The molecule has 1 fully saturated rings. The van der Waals surface area contributed by atoms with Crippen LogP contribution < -0.4 is 15.5 Å². The fraction of sp³-hybridized carbons (Fsp3) is 0.278. The zero-order valence-electron chi connectivity index (χ0n) is 15.3. The molecule has 1 aliphatic heterocycles. The van der Waals surface area contributed by atoms with Crippen LogP contribution in [0.4, 0.5) is 19.0 Å². The van der Waals surface area contributed by atoms with Crippen molar-refractivity contribution in [1.29, 1.82) is 0 Å². The summed E-state index contributed by atoms with van der Waals surface area (Å²) in [6.45, 7) is 1.05. The predicted octanol–water partition coefficient (Wildman–Crippen LogP) is 0.315. The van der Waals surface area contributed by atoms with E-state index < -0.39 is 20.0 Å². The van der Waals surface area contributed by atoms with Crippen molar-refractivity contribution < 1.29 is 22.7 Å². The summed E-state index contributed by atoms with van der Waals surface area (Å²) in [6, 6.07) is 4.75. The number of nitrogens with two attached hydrogens (primary N) is 1. The van der Waals surface area contributed by atoms with E-state index in [9.17, 15) is 18.0 Å². The second kappa shape index (κ2) is 8.02. The summed E-state index contributed by atoms with van der Waals surface area (Å²) in [5.74, 6) is 5.12. The first-order chi connectivity index (χ1) is 14.3. The third-order valence-corrected chi connectivity index (χ3v) is 6.02. The predicted molar refractivity (Wildman–Crippen MR) is 102 cm³/mol. The van der Waals surface area contributed by atoms with Gasteiger partial charge in [0.2, 0.25) is 0 Å². The van der Waals surface area contributed by atoms with Crippen molar-refractivity contribution in [2.24, 2.45) is 0 Å². The Morgan fingerprint density at radius 1 is 1.40 bits per heavy atom. The van der Waals surface area contributed by atoms with Crippen LogP contribution in [0, 0.1) is 11.8 Å². The van der Waals surface area contributed by atoms with Gasteiger partial charge in [-0.3, -0.25) is 0 Å². The van der Waals surface area contributed by atoms with E-state index >= 15 is 0 Å². The van der Waals surface area contributed by atoms with Crippen LogP contribution in [0.3, 0.4) is 0 Å². The van der Waals surface area contributed by atoms with Gasteiger partial charge in [0.15, 0.2) is 0 Å². The van der Waals surface area contributed by atoms with Gasteiger partial charge >= 0.3 is 170 Å². The maximum absolute atomic E-state index is 13.0. The molecule has 0 aliphatic carbocycles.